The molecule has 0 bridgehead atoms. The van der Waals surface area contributed by atoms with Crippen LogP contribution in [-0.4, -0.2) is 51.9 Å². The fourth-order valence-corrected chi connectivity index (χ4v) is 4.50. The van der Waals surface area contributed by atoms with Crippen LogP contribution >= 0.6 is 0 Å². The maximum absolute atomic E-state index is 12.9. The number of nitrogens with one attached hydrogen (secondary N) is 1. The predicted molar refractivity (Wildman–Crippen MR) is 120 cm³/mol. The van der Waals surface area contributed by atoms with Crippen molar-refractivity contribution in [1.29, 1.82) is 0 Å². The number of urea groups is 1. The molecule has 8 heteroatoms. The van der Waals surface area contributed by atoms with Crippen LogP contribution in [0.3, 0.4) is 0 Å². The van der Waals surface area contributed by atoms with E-state index in [9.17, 15) is 24.0 Å². The number of hydrogen-bond acceptors (Lipinski definition) is 5. The van der Waals surface area contributed by atoms with Crippen molar-refractivity contribution in [2.24, 2.45) is 5.92 Å². The van der Waals surface area contributed by atoms with Crippen LogP contribution in [0.15, 0.2) is 54.6 Å². The minimum atomic E-state index is -0.999. The number of carbonyl (C=O) groups is 5. The summed E-state index contributed by atoms with van der Waals surface area (Å²) in [5.74, 6) is -2.72. The molecule has 170 valence electrons. The Balaban J connectivity index is 1.48. The van der Waals surface area contributed by atoms with E-state index >= 15 is 0 Å². The number of anilines is 1. The molecule has 2 fully saturated rings. The van der Waals surface area contributed by atoms with Crippen LogP contribution in [0.4, 0.5) is 10.5 Å². The summed E-state index contributed by atoms with van der Waals surface area (Å²) in [6.07, 6.45) is 3.44. The monoisotopic (exact) mass is 447 g/mol. The number of amides is 5. The molecule has 0 spiro atoms. The quantitative estimate of drug-likeness (QED) is 0.416. The third kappa shape index (κ3) is 4.41. The molecule has 2 aromatic carbocycles. The molecule has 1 saturated heterocycles. The van der Waals surface area contributed by atoms with E-state index in [4.69, 9.17) is 0 Å². The second-order valence-electron chi connectivity index (χ2n) is 8.47. The van der Waals surface area contributed by atoms with Crippen LogP contribution in [0.1, 0.15) is 48.5 Å². The van der Waals surface area contributed by atoms with Gasteiger partial charge in [-0.2, -0.15) is 0 Å². The van der Waals surface area contributed by atoms with Crippen molar-refractivity contribution in [1.82, 2.24) is 9.80 Å². The van der Waals surface area contributed by atoms with Crippen LogP contribution in [0.2, 0.25) is 0 Å². The predicted octanol–water partition coefficient (Wildman–Crippen LogP) is 3.23. The molecule has 2 aliphatic rings. The zero-order valence-corrected chi connectivity index (χ0v) is 18.3. The molecule has 1 N–H and O–H groups in total. The summed E-state index contributed by atoms with van der Waals surface area (Å²) in [7, 11) is 0. The highest BCUT2D eigenvalue weighted by molar-refractivity contribution is 6.45. The van der Waals surface area contributed by atoms with E-state index < -0.39 is 30.3 Å². The van der Waals surface area contributed by atoms with Gasteiger partial charge in [0.15, 0.2) is 5.78 Å². The van der Waals surface area contributed by atoms with Gasteiger partial charge in [-0.05, 0) is 30.9 Å². The Morgan fingerprint density at radius 2 is 1.58 bits per heavy atom. The second kappa shape index (κ2) is 9.36. The lowest BCUT2D eigenvalue weighted by atomic mass is 9.85. The fraction of sp³-hybridized carbons (Fsp3) is 0.320. The smallest absolute Gasteiger partial charge is 0.324 e. The van der Waals surface area contributed by atoms with Crippen molar-refractivity contribution >= 4 is 35.2 Å². The zero-order valence-electron chi connectivity index (χ0n) is 18.3. The first-order valence-corrected chi connectivity index (χ1v) is 11.1. The zero-order chi connectivity index (χ0) is 23.5. The summed E-state index contributed by atoms with van der Waals surface area (Å²) < 4.78 is 0. The molecule has 2 atom stereocenters. The summed E-state index contributed by atoms with van der Waals surface area (Å²) in [6, 6.07) is 14.1. The minimum absolute atomic E-state index is 0.101. The highest BCUT2D eigenvalue weighted by Crippen LogP contribution is 2.31. The highest BCUT2D eigenvalue weighted by atomic mass is 16.2. The molecule has 33 heavy (non-hydrogen) atoms. The topological polar surface area (TPSA) is 104 Å². The van der Waals surface area contributed by atoms with Gasteiger partial charge < -0.3 is 5.32 Å². The van der Waals surface area contributed by atoms with Gasteiger partial charge in [0.05, 0.1) is 5.69 Å². The van der Waals surface area contributed by atoms with E-state index in [0.717, 1.165) is 24.2 Å². The Labute approximate surface area is 191 Å². The summed E-state index contributed by atoms with van der Waals surface area (Å²) in [6.45, 7) is 1.36. The number of imide groups is 2. The molecule has 1 aliphatic carbocycles. The molecular weight excluding hydrogens is 422 g/mol. The minimum Gasteiger partial charge on any atom is -0.324 e. The molecule has 1 aliphatic heterocycles. The van der Waals surface area contributed by atoms with E-state index in [1.165, 1.54) is 0 Å². The first kappa shape index (κ1) is 22.4. The van der Waals surface area contributed by atoms with Crippen LogP contribution in [0, 0.1) is 5.92 Å². The van der Waals surface area contributed by atoms with Crippen LogP contribution < -0.4 is 5.32 Å². The van der Waals surface area contributed by atoms with Gasteiger partial charge in [0.2, 0.25) is 5.91 Å². The van der Waals surface area contributed by atoms with Gasteiger partial charge >= 0.3 is 17.8 Å². The van der Waals surface area contributed by atoms with Gasteiger partial charge in [0.1, 0.15) is 6.54 Å². The summed E-state index contributed by atoms with van der Waals surface area (Å²) in [5, 5.41) is 2.61. The first-order chi connectivity index (χ1) is 15.9. The number of hydrogen-bond donors (Lipinski definition) is 1. The average Bonchev–Trinajstić information content (AvgIpc) is 3.03. The van der Waals surface area contributed by atoms with E-state index in [1.807, 2.05) is 6.92 Å². The normalized spacial score (nSPS) is 20.8. The number of nitrogens with zero attached hydrogens (tertiary/aromatic N) is 2. The van der Waals surface area contributed by atoms with Gasteiger partial charge in [-0.1, -0.05) is 62.2 Å². The van der Waals surface area contributed by atoms with Crippen molar-refractivity contribution in [3.8, 4) is 0 Å². The Kier molecular flexibility index (Phi) is 6.35. The van der Waals surface area contributed by atoms with E-state index in [0.29, 0.717) is 16.9 Å². The van der Waals surface area contributed by atoms with Crippen molar-refractivity contribution in [3.05, 3.63) is 65.7 Å². The molecule has 2 aromatic rings. The largest absolute Gasteiger partial charge is 0.334 e. The number of ketones is 1. The number of rotatable bonds is 6. The Hall–Kier alpha value is -3.81. The molecule has 8 nitrogen and oxygen atoms in total. The molecule has 4 rings (SSSR count). The third-order valence-electron chi connectivity index (χ3n) is 6.27. The van der Waals surface area contributed by atoms with Gasteiger partial charge in [-0.15, -0.1) is 0 Å². The maximum Gasteiger partial charge on any atom is 0.334 e. The number of carbonyl (C=O) groups excluding carboxylic acids is 5. The van der Waals surface area contributed by atoms with Crippen molar-refractivity contribution in [2.75, 3.05) is 11.9 Å². The van der Waals surface area contributed by atoms with Gasteiger partial charge in [-0.25, -0.2) is 9.69 Å². The molecule has 0 unspecified atom stereocenters. The van der Waals surface area contributed by atoms with Gasteiger partial charge in [0, 0.05) is 17.2 Å². The second-order valence-corrected chi connectivity index (χ2v) is 8.47. The third-order valence-corrected chi connectivity index (χ3v) is 6.27. The highest BCUT2D eigenvalue weighted by Gasteiger charge is 2.49. The van der Waals surface area contributed by atoms with Crippen molar-refractivity contribution in [2.45, 2.75) is 38.6 Å². The fourth-order valence-electron chi connectivity index (χ4n) is 4.50. The summed E-state index contributed by atoms with van der Waals surface area (Å²) in [5.41, 5.74) is 1.01. The lowest BCUT2D eigenvalue weighted by molar-refractivity contribution is -0.145. The van der Waals surface area contributed by atoms with Crippen LogP contribution in [0.5, 0.6) is 0 Å². The average molecular weight is 447 g/mol. The molecule has 0 aromatic heterocycles. The standard InChI is InChI=1S/C25H25N3O5/c1-16-9-5-8-14-20(16)28-24(32)23(31)27(25(28)33)15-21(29)26-19-13-7-6-12-18(19)22(30)17-10-3-2-4-11-17/h2-4,6-7,10-13,16,20H,5,8-9,14-15H2,1H3,(H,26,29)/t16-,20+/m1/s1. The van der Waals surface area contributed by atoms with Crippen LogP contribution in [-0.2, 0) is 14.4 Å². The molecule has 5 amide bonds. The molecule has 1 heterocycles. The van der Waals surface area contributed by atoms with Gasteiger partial charge in [-0.3, -0.25) is 24.1 Å². The molecule has 0 radical (unpaired) electrons. The van der Waals surface area contributed by atoms with Gasteiger partial charge in [0.25, 0.3) is 0 Å². The summed E-state index contributed by atoms with van der Waals surface area (Å²) in [4.78, 5) is 65.2. The lowest BCUT2D eigenvalue weighted by Gasteiger charge is -2.34. The Morgan fingerprint density at radius 3 is 2.30 bits per heavy atom. The van der Waals surface area contributed by atoms with E-state index in [2.05, 4.69) is 5.32 Å². The van der Waals surface area contributed by atoms with Crippen molar-refractivity contribution < 1.29 is 24.0 Å². The van der Waals surface area contributed by atoms with E-state index in [1.54, 1.807) is 54.6 Å². The number of benzene rings is 2. The number of para-hydroxylation sites is 1. The molecular formula is C25H25N3O5. The first-order valence-electron chi connectivity index (χ1n) is 11.1. The summed E-state index contributed by atoms with van der Waals surface area (Å²) >= 11 is 0. The van der Waals surface area contributed by atoms with Crippen LogP contribution in [0.25, 0.3) is 0 Å². The Bertz CT molecular complexity index is 1110. The molecule has 1 saturated carbocycles. The van der Waals surface area contributed by atoms with Crippen molar-refractivity contribution in [3.63, 3.8) is 0 Å². The van der Waals surface area contributed by atoms with E-state index in [-0.39, 0.29) is 29.0 Å². The lowest BCUT2D eigenvalue weighted by Crippen LogP contribution is -2.46. The Morgan fingerprint density at radius 1 is 0.909 bits per heavy atom. The SMILES string of the molecule is C[C@@H]1CCCC[C@@H]1N1C(=O)C(=O)N(CC(=O)Nc2ccccc2C(=O)c2ccccc2)C1=O. The maximum atomic E-state index is 12.9.